The van der Waals surface area contributed by atoms with Crippen molar-refractivity contribution in [2.75, 3.05) is 0 Å². The molecule has 18 heavy (non-hydrogen) atoms. The summed E-state index contributed by atoms with van der Waals surface area (Å²) in [6.07, 6.45) is 3.72. The second-order valence-corrected chi connectivity index (χ2v) is 7.16. The first-order valence-electron chi connectivity index (χ1n) is 5.66. The fourth-order valence-electron chi connectivity index (χ4n) is 2.24. The molecule has 1 atom stereocenters. The molecule has 0 fully saturated rings. The molecule has 3 rings (SSSR count). The summed E-state index contributed by atoms with van der Waals surface area (Å²) in [6.45, 7) is 0. The molecule has 2 aromatic rings. The van der Waals surface area contributed by atoms with Crippen molar-refractivity contribution >= 4 is 21.4 Å². The number of carboxylic acid groups (broad SMARTS) is 1. The first kappa shape index (κ1) is 11.2. The number of benzene rings is 1. The van der Waals surface area contributed by atoms with E-state index in [9.17, 15) is 9.90 Å². The maximum absolute atomic E-state index is 11.8. The molecule has 1 aromatic heterocycles. The minimum absolute atomic E-state index is 0.549. The highest BCUT2D eigenvalue weighted by Gasteiger charge is 2.38. The fraction of sp³-hybridized carbons (Fsp3) is 0.0714. The Morgan fingerprint density at radius 1 is 1.22 bits per heavy atom. The Balaban J connectivity index is 2.06. The Labute approximate surface area is 106 Å². The summed E-state index contributed by atoms with van der Waals surface area (Å²) in [6, 6.07) is 11.7. The van der Waals surface area contributed by atoms with E-state index < -0.39 is 15.3 Å². The van der Waals surface area contributed by atoms with Gasteiger partial charge in [-0.05, 0) is 23.1 Å². The Morgan fingerprint density at radius 3 is 2.72 bits per heavy atom. The quantitative estimate of drug-likeness (QED) is 0.855. The van der Waals surface area contributed by atoms with Crippen molar-refractivity contribution in [1.29, 1.82) is 0 Å². The van der Waals surface area contributed by atoms with Gasteiger partial charge in [-0.15, -0.1) is 0 Å². The first-order chi connectivity index (χ1) is 8.72. The minimum Gasteiger partial charge on any atom is -0.474 e. The number of fused-ring (bicyclic) bond motifs is 1. The predicted octanol–water partition coefficient (Wildman–Crippen LogP) is 4.04. The highest BCUT2D eigenvalue weighted by Crippen LogP contribution is 2.64. The SMILES string of the molecule is O=C(O)S1(Cc2ccccc2)C=Cc2cc[nH]c21. The number of rotatable bonds is 2. The normalized spacial score (nSPS) is 24.4. The van der Waals surface area contributed by atoms with E-state index >= 15 is 0 Å². The van der Waals surface area contributed by atoms with E-state index in [1.165, 1.54) is 0 Å². The lowest BCUT2D eigenvalue weighted by molar-refractivity contribution is 0.221. The van der Waals surface area contributed by atoms with Gasteiger partial charge in [0.2, 0.25) is 0 Å². The van der Waals surface area contributed by atoms with Crippen LogP contribution < -0.4 is 0 Å². The van der Waals surface area contributed by atoms with Gasteiger partial charge < -0.3 is 10.1 Å². The summed E-state index contributed by atoms with van der Waals surface area (Å²) in [4.78, 5) is 14.9. The maximum atomic E-state index is 11.8. The van der Waals surface area contributed by atoms with E-state index in [-0.39, 0.29) is 0 Å². The van der Waals surface area contributed by atoms with Crippen LogP contribution in [0.2, 0.25) is 0 Å². The summed E-state index contributed by atoms with van der Waals surface area (Å²) < 4.78 is 0. The molecular weight excluding hydrogens is 246 g/mol. The van der Waals surface area contributed by atoms with Crippen molar-refractivity contribution < 1.29 is 9.90 Å². The van der Waals surface area contributed by atoms with Gasteiger partial charge in [-0.1, -0.05) is 40.4 Å². The standard InChI is InChI=1S/C14H13NO2S/c16-14(17)18(10-11-4-2-1-3-5-11)9-7-12-6-8-15-13(12)18/h1-9,15H,10H2,(H,16,17). The molecule has 0 radical (unpaired) electrons. The van der Waals surface area contributed by atoms with Gasteiger partial charge in [0.25, 0.3) is 0 Å². The van der Waals surface area contributed by atoms with E-state index in [1.807, 2.05) is 54.1 Å². The summed E-state index contributed by atoms with van der Waals surface area (Å²) >= 11 is 0. The Morgan fingerprint density at radius 2 is 2.00 bits per heavy atom. The molecule has 1 aromatic carbocycles. The number of aromatic nitrogens is 1. The molecule has 0 spiro atoms. The minimum atomic E-state index is -1.97. The Bertz CT molecular complexity index is 618. The average molecular weight is 259 g/mol. The van der Waals surface area contributed by atoms with Gasteiger partial charge >= 0.3 is 5.30 Å². The van der Waals surface area contributed by atoms with Crippen molar-refractivity contribution in [3.63, 3.8) is 0 Å². The zero-order chi connectivity index (χ0) is 12.6. The van der Waals surface area contributed by atoms with Crippen molar-refractivity contribution in [3.05, 3.63) is 59.1 Å². The predicted molar refractivity (Wildman–Crippen MR) is 73.9 cm³/mol. The highest BCUT2D eigenvalue weighted by molar-refractivity contribution is 8.46. The first-order valence-corrected chi connectivity index (χ1v) is 7.52. The molecule has 2 N–H and O–H groups in total. The number of nitrogens with one attached hydrogen (secondary N) is 1. The van der Waals surface area contributed by atoms with Gasteiger partial charge in [-0.25, -0.2) is 4.79 Å². The van der Waals surface area contributed by atoms with Crippen LogP contribution in [0.15, 0.2) is 53.0 Å². The molecule has 0 bridgehead atoms. The lowest BCUT2D eigenvalue weighted by atomic mass is 10.2. The third-order valence-electron chi connectivity index (χ3n) is 3.13. The Hall–Kier alpha value is -1.94. The van der Waals surface area contributed by atoms with Crippen LogP contribution in [0.25, 0.3) is 6.08 Å². The molecule has 2 heterocycles. The monoisotopic (exact) mass is 259 g/mol. The fourth-order valence-corrected chi connectivity index (χ4v) is 4.96. The summed E-state index contributed by atoms with van der Waals surface area (Å²) in [5, 5.41) is 11.6. The zero-order valence-electron chi connectivity index (χ0n) is 9.67. The van der Waals surface area contributed by atoms with Gasteiger partial charge in [0, 0.05) is 17.5 Å². The molecule has 1 aliphatic rings. The zero-order valence-corrected chi connectivity index (χ0v) is 10.5. The maximum Gasteiger partial charge on any atom is 0.356 e. The number of hydrogen-bond acceptors (Lipinski definition) is 1. The highest BCUT2D eigenvalue weighted by atomic mass is 32.3. The Kier molecular flexibility index (Phi) is 2.52. The van der Waals surface area contributed by atoms with Gasteiger partial charge in [0.15, 0.2) is 0 Å². The summed E-state index contributed by atoms with van der Waals surface area (Å²) in [5.74, 6) is 0.549. The molecule has 92 valence electrons. The largest absolute Gasteiger partial charge is 0.474 e. The smallest absolute Gasteiger partial charge is 0.356 e. The van der Waals surface area contributed by atoms with Gasteiger partial charge in [-0.2, -0.15) is 0 Å². The number of carbonyl (C=O) groups is 1. The summed E-state index contributed by atoms with van der Waals surface area (Å²) in [7, 11) is -1.97. The summed E-state index contributed by atoms with van der Waals surface area (Å²) in [5.41, 5.74) is 2.06. The molecule has 1 unspecified atom stereocenters. The van der Waals surface area contributed by atoms with Gasteiger partial charge in [0.1, 0.15) is 0 Å². The van der Waals surface area contributed by atoms with Crippen LogP contribution in [0.1, 0.15) is 11.1 Å². The van der Waals surface area contributed by atoms with Crippen LogP contribution in [0.4, 0.5) is 4.79 Å². The lowest BCUT2D eigenvalue weighted by Gasteiger charge is -2.28. The molecule has 4 heteroatoms. The van der Waals surface area contributed by atoms with E-state index in [0.717, 1.165) is 16.2 Å². The molecule has 0 amide bonds. The van der Waals surface area contributed by atoms with Crippen LogP contribution in [0.5, 0.6) is 0 Å². The van der Waals surface area contributed by atoms with Crippen LogP contribution in [-0.2, 0) is 5.75 Å². The lowest BCUT2D eigenvalue weighted by Crippen LogP contribution is -2.10. The van der Waals surface area contributed by atoms with E-state index in [1.54, 1.807) is 0 Å². The molecular formula is C14H13NO2S. The van der Waals surface area contributed by atoms with Crippen molar-refractivity contribution in [2.24, 2.45) is 0 Å². The van der Waals surface area contributed by atoms with Gasteiger partial charge in [-0.3, -0.25) is 0 Å². The number of aromatic amines is 1. The number of H-pyrrole nitrogens is 1. The topological polar surface area (TPSA) is 53.1 Å². The van der Waals surface area contributed by atoms with Crippen LogP contribution >= 0.6 is 10.0 Å². The number of hydrogen-bond donors (Lipinski definition) is 2. The second-order valence-electron chi connectivity index (χ2n) is 4.25. The molecule has 0 saturated heterocycles. The third kappa shape index (κ3) is 1.57. The second kappa shape index (κ2) is 4.07. The molecule has 0 saturated carbocycles. The van der Waals surface area contributed by atoms with E-state index in [4.69, 9.17) is 0 Å². The molecule has 1 aliphatic heterocycles. The van der Waals surface area contributed by atoms with E-state index in [2.05, 4.69) is 4.98 Å². The average Bonchev–Trinajstić information content (AvgIpc) is 2.94. The van der Waals surface area contributed by atoms with Crippen LogP contribution in [0, 0.1) is 0 Å². The van der Waals surface area contributed by atoms with E-state index in [0.29, 0.717) is 5.75 Å². The molecule has 3 nitrogen and oxygen atoms in total. The van der Waals surface area contributed by atoms with Crippen molar-refractivity contribution in [3.8, 4) is 0 Å². The third-order valence-corrected chi connectivity index (χ3v) is 6.23. The van der Waals surface area contributed by atoms with Crippen LogP contribution in [0.3, 0.4) is 0 Å². The van der Waals surface area contributed by atoms with Crippen molar-refractivity contribution in [1.82, 2.24) is 4.98 Å². The molecule has 0 aliphatic carbocycles. The van der Waals surface area contributed by atoms with Crippen molar-refractivity contribution in [2.45, 2.75) is 10.8 Å². The van der Waals surface area contributed by atoms with Gasteiger partial charge in [0.05, 0.1) is 5.03 Å². The van der Waals surface area contributed by atoms with Crippen LogP contribution in [-0.4, -0.2) is 15.4 Å².